The first-order valence-corrected chi connectivity index (χ1v) is 10.6. The number of alkyl carbamates (subject to hydrolysis) is 1. The highest BCUT2D eigenvalue weighted by molar-refractivity contribution is 5.85. The molecule has 1 aromatic heterocycles. The highest BCUT2D eigenvalue weighted by Gasteiger charge is 2.21. The second kappa shape index (κ2) is 10.4. The molecule has 0 unspecified atom stereocenters. The molecule has 0 saturated carbocycles. The maximum Gasteiger partial charge on any atom is 0.408 e. The second-order valence-corrected chi connectivity index (χ2v) is 7.60. The summed E-state index contributed by atoms with van der Waals surface area (Å²) in [5.41, 5.74) is 3.60. The zero-order valence-electron chi connectivity index (χ0n) is 17.9. The van der Waals surface area contributed by atoms with Crippen LogP contribution in [0, 0.1) is 0 Å². The Morgan fingerprint density at radius 3 is 2.30 bits per heavy atom. The minimum atomic E-state index is -1.12. The van der Waals surface area contributed by atoms with Crippen molar-refractivity contribution in [1.82, 2.24) is 10.3 Å². The number of fused-ring (bicyclic) bond motifs is 1. The van der Waals surface area contributed by atoms with Crippen LogP contribution in [0.3, 0.4) is 0 Å². The standard InChI is InChI=1S/C26H24N2O5/c29-25(30)23(15-18-5-2-1-3-6-18)28-26(31)33-17-20-11-9-19(10-12-20)16-32-24-8-4-7-22-21(24)13-14-27-22/h1-14,23,27H,15-17H2,(H,28,31)(H,29,30)/t23-/m1/s1. The molecule has 33 heavy (non-hydrogen) atoms. The minimum absolute atomic E-state index is 0.0350. The first-order valence-electron chi connectivity index (χ1n) is 10.6. The lowest BCUT2D eigenvalue weighted by atomic mass is 10.1. The van der Waals surface area contributed by atoms with Crippen molar-refractivity contribution in [2.45, 2.75) is 25.7 Å². The molecular formula is C26H24N2O5. The van der Waals surface area contributed by atoms with Gasteiger partial charge in [0.1, 0.15) is 25.0 Å². The van der Waals surface area contributed by atoms with Gasteiger partial charge in [0.2, 0.25) is 0 Å². The molecule has 7 heteroatoms. The molecule has 1 atom stereocenters. The topological polar surface area (TPSA) is 101 Å². The zero-order valence-corrected chi connectivity index (χ0v) is 17.9. The van der Waals surface area contributed by atoms with Crippen LogP contribution >= 0.6 is 0 Å². The highest BCUT2D eigenvalue weighted by Crippen LogP contribution is 2.25. The van der Waals surface area contributed by atoms with E-state index in [-0.39, 0.29) is 13.0 Å². The molecule has 4 aromatic rings. The predicted molar refractivity (Wildman–Crippen MR) is 124 cm³/mol. The number of amides is 1. The monoisotopic (exact) mass is 444 g/mol. The van der Waals surface area contributed by atoms with E-state index in [1.807, 2.05) is 85.1 Å². The van der Waals surface area contributed by atoms with Crippen molar-refractivity contribution < 1.29 is 24.2 Å². The molecule has 0 saturated heterocycles. The lowest BCUT2D eigenvalue weighted by Crippen LogP contribution is -2.42. The van der Waals surface area contributed by atoms with Gasteiger partial charge in [-0.2, -0.15) is 0 Å². The van der Waals surface area contributed by atoms with Gasteiger partial charge in [-0.25, -0.2) is 9.59 Å². The van der Waals surface area contributed by atoms with E-state index in [2.05, 4.69) is 10.3 Å². The van der Waals surface area contributed by atoms with E-state index < -0.39 is 18.1 Å². The average molecular weight is 444 g/mol. The van der Waals surface area contributed by atoms with Crippen LogP contribution in [-0.2, 0) is 29.2 Å². The normalized spacial score (nSPS) is 11.6. The molecule has 0 spiro atoms. The molecule has 3 aromatic carbocycles. The summed E-state index contributed by atoms with van der Waals surface area (Å²) in [6.07, 6.45) is 1.28. The van der Waals surface area contributed by atoms with Crippen molar-refractivity contribution in [1.29, 1.82) is 0 Å². The van der Waals surface area contributed by atoms with E-state index in [0.29, 0.717) is 6.61 Å². The largest absolute Gasteiger partial charge is 0.488 e. The highest BCUT2D eigenvalue weighted by atomic mass is 16.5. The maximum absolute atomic E-state index is 12.1. The molecule has 7 nitrogen and oxygen atoms in total. The minimum Gasteiger partial charge on any atom is -0.488 e. The Bertz CT molecular complexity index is 1220. The molecule has 4 rings (SSSR count). The van der Waals surface area contributed by atoms with E-state index in [4.69, 9.17) is 9.47 Å². The number of hydrogen-bond donors (Lipinski definition) is 3. The number of carbonyl (C=O) groups is 2. The second-order valence-electron chi connectivity index (χ2n) is 7.60. The number of benzene rings is 3. The summed E-state index contributed by atoms with van der Waals surface area (Å²) in [5, 5.41) is 12.8. The molecule has 3 N–H and O–H groups in total. The molecule has 0 aliphatic rings. The fraction of sp³-hybridized carbons (Fsp3) is 0.154. The third kappa shape index (κ3) is 5.92. The van der Waals surface area contributed by atoms with Crippen molar-refractivity contribution in [3.8, 4) is 5.75 Å². The summed E-state index contributed by atoms with van der Waals surface area (Å²) in [5.74, 6) is -0.309. The number of nitrogens with one attached hydrogen (secondary N) is 2. The fourth-order valence-electron chi connectivity index (χ4n) is 3.46. The summed E-state index contributed by atoms with van der Waals surface area (Å²) >= 11 is 0. The predicted octanol–water partition coefficient (Wildman–Crippen LogP) is 4.67. The zero-order chi connectivity index (χ0) is 23.0. The third-order valence-electron chi connectivity index (χ3n) is 5.22. The molecule has 0 aliphatic heterocycles. The Balaban J connectivity index is 1.26. The summed E-state index contributed by atoms with van der Waals surface area (Å²) in [4.78, 5) is 26.8. The average Bonchev–Trinajstić information content (AvgIpc) is 3.32. The lowest BCUT2D eigenvalue weighted by Gasteiger charge is -2.15. The molecule has 1 amide bonds. The van der Waals surface area contributed by atoms with Crippen LogP contribution in [0.25, 0.3) is 10.9 Å². The molecule has 0 bridgehead atoms. The molecule has 0 aliphatic carbocycles. The van der Waals surface area contributed by atoms with Crippen molar-refractivity contribution in [2.75, 3.05) is 0 Å². The Labute approximate surface area is 191 Å². The van der Waals surface area contributed by atoms with Gasteiger partial charge in [-0.1, -0.05) is 60.7 Å². The number of carbonyl (C=O) groups excluding carboxylic acids is 1. The quantitative estimate of drug-likeness (QED) is 0.348. The van der Waals surface area contributed by atoms with Gasteiger partial charge in [0, 0.05) is 23.5 Å². The number of ether oxygens (including phenoxy) is 2. The Kier molecular flexibility index (Phi) is 6.90. The molecule has 0 fully saturated rings. The Morgan fingerprint density at radius 1 is 0.848 bits per heavy atom. The van der Waals surface area contributed by atoms with Crippen LogP contribution in [0.1, 0.15) is 16.7 Å². The number of carboxylic acid groups (broad SMARTS) is 1. The summed E-state index contributed by atoms with van der Waals surface area (Å²) in [6, 6.07) is 23.4. The summed E-state index contributed by atoms with van der Waals surface area (Å²) < 4.78 is 11.2. The summed E-state index contributed by atoms with van der Waals surface area (Å²) in [7, 11) is 0. The van der Waals surface area contributed by atoms with E-state index in [1.54, 1.807) is 0 Å². The van der Waals surface area contributed by atoms with Crippen LogP contribution in [-0.4, -0.2) is 28.2 Å². The van der Waals surface area contributed by atoms with Crippen LogP contribution in [0.4, 0.5) is 4.79 Å². The van der Waals surface area contributed by atoms with Gasteiger partial charge in [-0.05, 0) is 34.9 Å². The van der Waals surface area contributed by atoms with Gasteiger partial charge in [-0.15, -0.1) is 0 Å². The van der Waals surface area contributed by atoms with E-state index in [1.165, 1.54) is 0 Å². The fourth-order valence-corrected chi connectivity index (χ4v) is 3.46. The maximum atomic E-state index is 12.1. The van der Waals surface area contributed by atoms with Crippen LogP contribution in [0.2, 0.25) is 0 Å². The Hall–Kier alpha value is -4.26. The molecule has 168 valence electrons. The SMILES string of the molecule is O=C(N[C@H](Cc1ccccc1)C(=O)O)OCc1ccc(COc2cccc3[nH]ccc23)cc1. The Morgan fingerprint density at radius 2 is 1.58 bits per heavy atom. The van der Waals surface area contributed by atoms with E-state index in [9.17, 15) is 14.7 Å². The number of aromatic amines is 1. The molecular weight excluding hydrogens is 420 g/mol. The number of aromatic nitrogens is 1. The molecule has 0 radical (unpaired) electrons. The van der Waals surface area contributed by atoms with Gasteiger partial charge < -0.3 is 24.9 Å². The van der Waals surface area contributed by atoms with Gasteiger partial charge in [0.25, 0.3) is 0 Å². The van der Waals surface area contributed by atoms with Crippen molar-refractivity contribution in [3.63, 3.8) is 0 Å². The number of H-pyrrole nitrogens is 1. The first kappa shape index (κ1) is 22.0. The number of hydrogen-bond acceptors (Lipinski definition) is 4. The van der Waals surface area contributed by atoms with Gasteiger partial charge in [-0.3, -0.25) is 0 Å². The summed E-state index contributed by atoms with van der Waals surface area (Å²) in [6.45, 7) is 0.443. The lowest BCUT2D eigenvalue weighted by molar-refractivity contribution is -0.139. The molecule has 1 heterocycles. The van der Waals surface area contributed by atoms with Crippen molar-refractivity contribution in [3.05, 3.63) is 102 Å². The first-order chi connectivity index (χ1) is 16.1. The van der Waals surface area contributed by atoms with Crippen LogP contribution in [0.15, 0.2) is 85.1 Å². The third-order valence-corrected chi connectivity index (χ3v) is 5.22. The van der Waals surface area contributed by atoms with Crippen molar-refractivity contribution >= 4 is 23.0 Å². The number of aliphatic carboxylic acids is 1. The van der Waals surface area contributed by atoms with E-state index >= 15 is 0 Å². The van der Waals surface area contributed by atoms with Gasteiger partial charge >= 0.3 is 12.1 Å². The number of rotatable bonds is 9. The number of carboxylic acids is 1. The van der Waals surface area contributed by atoms with Gasteiger partial charge in [0.15, 0.2) is 0 Å². The van der Waals surface area contributed by atoms with Crippen LogP contribution in [0.5, 0.6) is 5.75 Å². The van der Waals surface area contributed by atoms with Crippen LogP contribution < -0.4 is 10.1 Å². The van der Waals surface area contributed by atoms with Gasteiger partial charge in [0.05, 0.1) is 0 Å². The van der Waals surface area contributed by atoms with E-state index in [0.717, 1.165) is 33.3 Å². The smallest absolute Gasteiger partial charge is 0.408 e. The van der Waals surface area contributed by atoms with Crippen molar-refractivity contribution in [2.24, 2.45) is 0 Å².